The molecule has 1 atom stereocenters. The molecule has 0 bridgehead atoms. The van der Waals surface area contributed by atoms with Crippen molar-refractivity contribution in [3.05, 3.63) is 53.0 Å². The highest BCUT2D eigenvalue weighted by Gasteiger charge is 2.30. The number of rotatable bonds is 12. The topological polar surface area (TPSA) is 121 Å². The molecular weight excluding hydrogens is 536 g/mol. The normalized spacial score (nSPS) is 18.6. The summed E-state index contributed by atoms with van der Waals surface area (Å²) in [4.78, 5) is 22.8. The zero-order valence-corrected chi connectivity index (χ0v) is 23.2. The van der Waals surface area contributed by atoms with Crippen LogP contribution in [-0.4, -0.2) is 89.3 Å². The maximum atomic E-state index is 15.6. The number of anilines is 1. The number of nitrogens with two attached hydrogens (primary N) is 1. The van der Waals surface area contributed by atoms with E-state index < -0.39 is 11.6 Å². The smallest absolute Gasteiger partial charge is 0.211 e. The molecule has 220 valence electrons. The SMILES string of the molecule is COc1cc(OC)c(F)c(/C(=C/c2cnc(C(C=NCCN3CCOCC3)=CN)cc2NC=O)C2CCOC2)c1F. The first-order valence-corrected chi connectivity index (χ1v) is 13.3. The molecule has 12 heteroatoms. The Morgan fingerprint density at radius 1 is 1.17 bits per heavy atom. The van der Waals surface area contributed by atoms with Gasteiger partial charge in [0.1, 0.15) is 0 Å². The Balaban J connectivity index is 1.69. The number of benzene rings is 1. The average molecular weight is 572 g/mol. The van der Waals surface area contributed by atoms with Gasteiger partial charge in [-0.2, -0.15) is 0 Å². The van der Waals surface area contributed by atoms with Crippen molar-refractivity contribution < 1.29 is 32.5 Å². The molecule has 4 rings (SSSR count). The number of nitrogens with zero attached hydrogens (tertiary/aromatic N) is 3. The van der Waals surface area contributed by atoms with Crippen LogP contribution in [0, 0.1) is 17.6 Å². The number of carbonyl (C=O) groups excluding carboxylic acids is 1. The molecule has 41 heavy (non-hydrogen) atoms. The van der Waals surface area contributed by atoms with E-state index in [0.717, 1.165) is 38.9 Å². The van der Waals surface area contributed by atoms with Crippen molar-refractivity contribution in [1.29, 1.82) is 0 Å². The van der Waals surface area contributed by atoms with Gasteiger partial charge in [0, 0.05) is 68.0 Å². The highest BCUT2D eigenvalue weighted by atomic mass is 19.1. The predicted molar refractivity (Wildman–Crippen MR) is 153 cm³/mol. The highest BCUT2D eigenvalue weighted by Crippen LogP contribution is 2.41. The van der Waals surface area contributed by atoms with Crippen molar-refractivity contribution in [1.82, 2.24) is 9.88 Å². The van der Waals surface area contributed by atoms with Crippen molar-refractivity contribution in [3.63, 3.8) is 0 Å². The van der Waals surface area contributed by atoms with Crippen LogP contribution in [0.25, 0.3) is 17.2 Å². The van der Waals surface area contributed by atoms with Crippen LogP contribution in [0.4, 0.5) is 14.5 Å². The minimum atomic E-state index is -0.861. The van der Waals surface area contributed by atoms with Crippen molar-refractivity contribution >= 4 is 35.5 Å². The van der Waals surface area contributed by atoms with Crippen LogP contribution in [0.3, 0.4) is 0 Å². The second kappa shape index (κ2) is 14.7. The van der Waals surface area contributed by atoms with Gasteiger partial charge in [0.2, 0.25) is 6.41 Å². The largest absolute Gasteiger partial charge is 0.494 e. The van der Waals surface area contributed by atoms with E-state index in [-0.39, 0.29) is 29.6 Å². The van der Waals surface area contributed by atoms with E-state index in [0.29, 0.717) is 54.1 Å². The van der Waals surface area contributed by atoms with Crippen molar-refractivity contribution in [2.24, 2.45) is 16.6 Å². The molecule has 1 amide bonds. The number of pyridine rings is 1. The molecule has 3 N–H and O–H groups in total. The number of methoxy groups -OCH3 is 2. The molecule has 2 aliphatic heterocycles. The van der Waals surface area contributed by atoms with Crippen LogP contribution in [0.1, 0.15) is 23.2 Å². The van der Waals surface area contributed by atoms with Crippen molar-refractivity contribution in [2.45, 2.75) is 6.42 Å². The number of allylic oxidation sites excluding steroid dienone is 1. The van der Waals surface area contributed by atoms with E-state index in [1.807, 2.05) is 0 Å². The average Bonchev–Trinajstić information content (AvgIpc) is 3.53. The molecule has 1 aromatic heterocycles. The third kappa shape index (κ3) is 7.26. The number of aromatic nitrogens is 1. The first kappa shape index (κ1) is 30.1. The summed E-state index contributed by atoms with van der Waals surface area (Å²) in [6.45, 7) is 5.26. The summed E-state index contributed by atoms with van der Waals surface area (Å²) in [6.07, 6.45) is 7.20. The summed E-state index contributed by atoms with van der Waals surface area (Å²) in [5.41, 5.74) is 7.75. The van der Waals surface area contributed by atoms with Gasteiger partial charge in [0.15, 0.2) is 23.1 Å². The lowest BCUT2D eigenvalue weighted by Gasteiger charge is -2.25. The zero-order chi connectivity index (χ0) is 29.2. The van der Waals surface area contributed by atoms with E-state index in [1.165, 1.54) is 26.6 Å². The Morgan fingerprint density at radius 3 is 2.51 bits per heavy atom. The van der Waals surface area contributed by atoms with Crippen LogP contribution in [0.5, 0.6) is 11.5 Å². The molecule has 2 aliphatic rings. The Morgan fingerprint density at radius 2 is 1.90 bits per heavy atom. The van der Waals surface area contributed by atoms with Gasteiger partial charge in [-0.1, -0.05) is 0 Å². The lowest BCUT2D eigenvalue weighted by atomic mass is 9.89. The summed E-state index contributed by atoms with van der Waals surface area (Å²) >= 11 is 0. The minimum absolute atomic E-state index is 0.159. The molecule has 0 aliphatic carbocycles. The highest BCUT2D eigenvalue weighted by molar-refractivity contribution is 6.09. The molecule has 2 fully saturated rings. The molecule has 1 aromatic carbocycles. The van der Waals surface area contributed by atoms with Crippen LogP contribution in [-0.2, 0) is 14.3 Å². The Kier molecular flexibility index (Phi) is 10.8. The van der Waals surface area contributed by atoms with Crippen molar-refractivity contribution in [3.8, 4) is 11.5 Å². The number of amides is 1. The quantitative estimate of drug-likeness (QED) is 0.294. The van der Waals surface area contributed by atoms with Crippen LogP contribution in [0.15, 0.2) is 29.5 Å². The molecule has 2 aromatic rings. The zero-order valence-electron chi connectivity index (χ0n) is 23.2. The number of halogens is 2. The number of nitrogens with one attached hydrogen (secondary N) is 1. The van der Waals surface area contributed by atoms with E-state index in [9.17, 15) is 4.79 Å². The van der Waals surface area contributed by atoms with Gasteiger partial charge in [0.25, 0.3) is 0 Å². The van der Waals surface area contributed by atoms with Gasteiger partial charge in [-0.3, -0.25) is 19.7 Å². The molecular formula is C29H35F2N5O5. The van der Waals surface area contributed by atoms with Gasteiger partial charge in [-0.25, -0.2) is 8.78 Å². The van der Waals surface area contributed by atoms with E-state index in [4.69, 9.17) is 24.7 Å². The van der Waals surface area contributed by atoms with Gasteiger partial charge in [-0.15, -0.1) is 0 Å². The van der Waals surface area contributed by atoms with Crippen molar-refractivity contribution in [2.75, 3.05) is 72.1 Å². The number of hydrogen-bond acceptors (Lipinski definition) is 9. The van der Waals surface area contributed by atoms with Gasteiger partial charge >= 0.3 is 0 Å². The fraction of sp³-hybridized carbons (Fsp3) is 0.414. The number of carbonyl (C=O) groups is 1. The fourth-order valence-electron chi connectivity index (χ4n) is 4.79. The second-order valence-electron chi connectivity index (χ2n) is 9.47. The third-order valence-corrected chi connectivity index (χ3v) is 7.05. The maximum Gasteiger partial charge on any atom is 0.211 e. The summed E-state index contributed by atoms with van der Waals surface area (Å²) in [6, 6.07) is 2.80. The second-order valence-corrected chi connectivity index (χ2v) is 9.47. The number of ether oxygens (including phenoxy) is 4. The molecule has 0 radical (unpaired) electrons. The molecule has 2 saturated heterocycles. The predicted octanol–water partition coefficient (Wildman–Crippen LogP) is 3.23. The lowest BCUT2D eigenvalue weighted by molar-refractivity contribution is -0.105. The summed E-state index contributed by atoms with van der Waals surface area (Å²) in [5, 5.41) is 2.66. The van der Waals surface area contributed by atoms with Crippen LogP contribution >= 0.6 is 0 Å². The van der Waals surface area contributed by atoms with Gasteiger partial charge in [-0.05, 0) is 24.1 Å². The van der Waals surface area contributed by atoms with E-state index in [2.05, 4.69) is 20.2 Å². The molecule has 10 nitrogen and oxygen atoms in total. The molecule has 1 unspecified atom stereocenters. The van der Waals surface area contributed by atoms with Gasteiger partial charge < -0.3 is 30.0 Å². The number of morpholine rings is 1. The standard InChI is InChI=1S/C29H35F2N5O5/c1-38-25-13-26(39-2)29(31)27(28(25)30)22(19-3-8-41-17-19)11-20-16-34-24(12-23(20)35-18-37)21(14-32)15-33-4-5-36-6-9-40-10-7-36/h11-16,18-19H,3-10,17,32H2,1-2H3,(H,34,35,37)/b21-14?,22-11+,33-15?. The van der Waals surface area contributed by atoms with E-state index >= 15 is 8.78 Å². The monoisotopic (exact) mass is 571 g/mol. The lowest BCUT2D eigenvalue weighted by Crippen LogP contribution is -2.37. The third-order valence-electron chi connectivity index (χ3n) is 7.05. The maximum absolute atomic E-state index is 15.6. The van der Waals surface area contributed by atoms with Gasteiger partial charge in [0.05, 0.1) is 57.5 Å². The minimum Gasteiger partial charge on any atom is -0.494 e. The number of aliphatic imine (C=N–C) groups is 1. The first-order chi connectivity index (χ1) is 20.0. The number of hydrogen-bond donors (Lipinski definition) is 2. The molecule has 0 spiro atoms. The molecule has 0 saturated carbocycles. The first-order valence-electron chi connectivity index (χ1n) is 13.3. The summed E-state index contributed by atoms with van der Waals surface area (Å²) < 4.78 is 52.3. The summed E-state index contributed by atoms with van der Waals surface area (Å²) in [7, 11) is 2.59. The summed E-state index contributed by atoms with van der Waals surface area (Å²) in [5.74, 6) is -2.36. The Labute approximate surface area is 237 Å². The van der Waals surface area contributed by atoms with E-state index in [1.54, 1.807) is 18.4 Å². The Hall–Kier alpha value is -3.87. The van der Waals surface area contributed by atoms with Crippen LogP contribution < -0.4 is 20.5 Å². The Bertz CT molecular complexity index is 1280. The fourth-order valence-corrected chi connectivity index (χ4v) is 4.79. The molecule has 3 heterocycles. The van der Waals surface area contributed by atoms with Crippen LogP contribution in [0.2, 0.25) is 0 Å².